The third-order valence-corrected chi connectivity index (χ3v) is 5.10. The molecule has 3 aromatic carbocycles. The van der Waals surface area contributed by atoms with Crippen LogP contribution in [0, 0.1) is 0 Å². The van der Waals surface area contributed by atoms with Crippen molar-refractivity contribution >= 4 is 33.5 Å². The van der Waals surface area contributed by atoms with Crippen LogP contribution in [-0.4, -0.2) is 12.5 Å². The first-order valence-corrected chi connectivity index (χ1v) is 9.22. The van der Waals surface area contributed by atoms with E-state index in [2.05, 4.69) is 17.4 Å². The number of amides is 1. The number of aryl methyl sites for hydroxylation is 2. The monoisotopic (exact) mass is 357 g/mol. The summed E-state index contributed by atoms with van der Waals surface area (Å²) in [5, 5.41) is 4.93. The zero-order valence-electron chi connectivity index (χ0n) is 14.8. The molecule has 1 heterocycles. The first kappa shape index (κ1) is 15.9. The van der Waals surface area contributed by atoms with E-state index in [4.69, 9.17) is 9.15 Å². The molecule has 27 heavy (non-hydrogen) atoms. The Hall–Kier alpha value is -3.27. The molecule has 1 N–H and O–H groups in total. The van der Waals surface area contributed by atoms with Gasteiger partial charge in [-0.25, -0.2) is 0 Å². The number of anilines is 1. The number of fused-ring (bicyclic) bond motifs is 4. The molecule has 1 aliphatic carbocycles. The smallest absolute Gasteiger partial charge is 0.262 e. The maximum atomic E-state index is 12.3. The highest BCUT2D eigenvalue weighted by Crippen LogP contribution is 2.30. The van der Waals surface area contributed by atoms with E-state index in [0.717, 1.165) is 46.2 Å². The summed E-state index contributed by atoms with van der Waals surface area (Å²) >= 11 is 0. The van der Waals surface area contributed by atoms with Crippen molar-refractivity contribution in [3.05, 3.63) is 71.8 Å². The van der Waals surface area contributed by atoms with Crippen LogP contribution in [0.25, 0.3) is 21.9 Å². The Morgan fingerprint density at radius 2 is 1.78 bits per heavy atom. The quantitative estimate of drug-likeness (QED) is 0.553. The molecule has 1 aliphatic rings. The highest BCUT2D eigenvalue weighted by molar-refractivity contribution is 6.07. The van der Waals surface area contributed by atoms with Crippen molar-refractivity contribution in [2.24, 2.45) is 0 Å². The number of carbonyl (C=O) groups excluding carboxylic acids is 1. The van der Waals surface area contributed by atoms with Gasteiger partial charge in [0.25, 0.3) is 5.91 Å². The summed E-state index contributed by atoms with van der Waals surface area (Å²) in [5.41, 5.74) is 5.12. The average Bonchev–Trinajstić information content (AvgIpc) is 3.30. The van der Waals surface area contributed by atoms with E-state index in [0.29, 0.717) is 0 Å². The van der Waals surface area contributed by atoms with Crippen molar-refractivity contribution in [2.75, 3.05) is 11.9 Å². The van der Waals surface area contributed by atoms with Gasteiger partial charge in [-0.05, 0) is 66.8 Å². The minimum atomic E-state index is -0.178. The molecule has 0 fully saturated rings. The van der Waals surface area contributed by atoms with Crippen molar-refractivity contribution in [2.45, 2.75) is 19.3 Å². The summed E-state index contributed by atoms with van der Waals surface area (Å²) < 4.78 is 11.5. The summed E-state index contributed by atoms with van der Waals surface area (Å²) in [6.45, 7) is -0.0110. The van der Waals surface area contributed by atoms with Crippen LogP contribution in [0.15, 0.2) is 65.1 Å². The summed E-state index contributed by atoms with van der Waals surface area (Å²) in [7, 11) is 0. The lowest BCUT2D eigenvalue weighted by molar-refractivity contribution is -0.118. The molecule has 0 bridgehead atoms. The van der Waals surface area contributed by atoms with Gasteiger partial charge < -0.3 is 14.5 Å². The third kappa shape index (κ3) is 3.04. The Kier molecular flexibility index (Phi) is 3.82. The van der Waals surface area contributed by atoms with Crippen molar-refractivity contribution in [3.63, 3.8) is 0 Å². The number of furan rings is 1. The topological polar surface area (TPSA) is 51.5 Å². The Balaban J connectivity index is 1.29. The average molecular weight is 357 g/mol. The highest BCUT2D eigenvalue weighted by Gasteiger charge is 2.12. The minimum Gasteiger partial charge on any atom is -0.484 e. The zero-order chi connectivity index (χ0) is 18.2. The largest absolute Gasteiger partial charge is 0.484 e. The number of hydrogen-bond donors (Lipinski definition) is 1. The Morgan fingerprint density at radius 1 is 0.926 bits per heavy atom. The van der Waals surface area contributed by atoms with Crippen LogP contribution < -0.4 is 10.1 Å². The van der Waals surface area contributed by atoms with E-state index in [1.807, 2.05) is 48.5 Å². The predicted molar refractivity (Wildman–Crippen MR) is 106 cm³/mol. The maximum Gasteiger partial charge on any atom is 0.262 e. The van der Waals surface area contributed by atoms with Gasteiger partial charge in [0.05, 0.1) is 0 Å². The standard InChI is InChI=1S/C23H19NO3/c25-23(14-26-18-10-8-15-4-3-5-16(15)12-18)24-17-9-11-22-20(13-17)19-6-1-2-7-21(19)27-22/h1-2,6-13H,3-5,14H2,(H,24,25). The number of hydrogen-bond acceptors (Lipinski definition) is 3. The molecular weight excluding hydrogens is 338 g/mol. The maximum absolute atomic E-state index is 12.3. The zero-order valence-corrected chi connectivity index (χ0v) is 14.8. The molecule has 1 aromatic heterocycles. The summed E-state index contributed by atoms with van der Waals surface area (Å²) in [6, 6.07) is 19.7. The van der Waals surface area contributed by atoms with Gasteiger partial charge >= 0.3 is 0 Å². The van der Waals surface area contributed by atoms with Crippen molar-refractivity contribution in [1.82, 2.24) is 0 Å². The van der Waals surface area contributed by atoms with Crippen LogP contribution in [0.5, 0.6) is 5.75 Å². The summed E-state index contributed by atoms with van der Waals surface area (Å²) in [4.78, 5) is 12.3. The predicted octanol–water partition coefficient (Wildman–Crippen LogP) is 5.09. The van der Waals surface area contributed by atoms with Gasteiger partial charge in [-0.3, -0.25) is 4.79 Å². The van der Waals surface area contributed by atoms with E-state index < -0.39 is 0 Å². The molecule has 0 unspecified atom stereocenters. The van der Waals surface area contributed by atoms with Gasteiger partial charge in [-0.15, -0.1) is 0 Å². The lowest BCUT2D eigenvalue weighted by Gasteiger charge is -2.09. The fraction of sp³-hybridized carbons (Fsp3) is 0.174. The van der Waals surface area contributed by atoms with Crippen LogP contribution in [-0.2, 0) is 17.6 Å². The molecular formula is C23H19NO3. The Bertz CT molecular complexity index is 1160. The lowest BCUT2D eigenvalue weighted by atomic mass is 10.1. The van der Waals surface area contributed by atoms with Crippen LogP contribution in [0.3, 0.4) is 0 Å². The van der Waals surface area contributed by atoms with E-state index in [1.54, 1.807) is 0 Å². The molecule has 0 atom stereocenters. The molecule has 4 aromatic rings. The number of rotatable bonds is 4. The fourth-order valence-corrected chi connectivity index (χ4v) is 3.79. The number of benzene rings is 3. The van der Waals surface area contributed by atoms with Crippen molar-refractivity contribution in [3.8, 4) is 5.75 Å². The SMILES string of the molecule is O=C(COc1ccc2c(c1)CCC2)Nc1ccc2oc3ccccc3c2c1. The van der Waals surface area contributed by atoms with Gasteiger partial charge in [0, 0.05) is 16.5 Å². The molecule has 4 nitrogen and oxygen atoms in total. The van der Waals surface area contributed by atoms with Crippen LogP contribution in [0.1, 0.15) is 17.5 Å². The van der Waals surface area contributed by atoms with E-state index in [-0.39, 0.29) is 12.5 Å². The minimum absolute atomic E-state index is 0.0110. The second-order valence-electron chi connectivity index (χ2n) is 6.93. The molecule has 4 heteroatoms. The highest BCUT2D eigenvalue weighted by atomic mass is 16.5. The van der Waals surface area contributed by atoms with Gasteiger partial charge in [0.15, 0.2) is 6.61 Å². The van der Waals surface area contributed by atoms with Gasteiger partial charge in [0.1, 0.15) is 16.9 Å². The summed E-state index contributed by atoms with van der Waals surface area (Å²) in [6.07, 6.45) is 3.43. The first-order chi connectivity index (χ1) is 13.3. The second kappa shape index (κ2) is 6.47. The third-order valence-electron chi connectivity index (χ3n) is 5.10. The van der Waals surface area contributed by atoms with E-state index in [1.165, 1.54) is 17.5 Å². The molecule has 0 aliphatic heterocycles. The summed E-state index contributed by atoms with van der Waals surface area (Å²) in [5.74, 6) is 0.574. The van der Waals surface area contributed by atoms with Gasteiger partial charge in [-0.1, -0.05) is 24.3 Å². The van der Waals surface area contributed by atoms with Crippen molar-refractivity contribution < 1.29 is 13.9 Å². The normalized spacial score (nSPS) is 13.0. The van der Waals surface area contributed by atoms with Crippen molar-refractivity contribution in [1.29, 1.82) is 0 Å². The molecule has 5 rings (SSSR count). The number of para-hydroxylation sites is 1. The van der Waals surface area contributed by atoms with Crippen LogP contribution in [0.2, 0.25) is 0 Å². The van der Waals surface area contributed by atoms with Gasteiger partial charge in [-0.2, -0.15) is 0 Å². The number of carbonyl (C=O) groups is 1. The van der Waals surface area contributed by atoms with Gasteiger partial charge in [0.2, 0.25) is 0 Å². The fourth-order valence-electron chi connectivity index (χ4n) is 3.79. The first-order valence-electron chi connectivity index (χ1n) is 9.22. The molecule has 0 saturated heterocycles. The number of ether oxygens (including phenoxy) is 1. The lowest BCUT2D eigenvalue weighted by Crippen LogP contribution is -2.20. The van der Waals surface area contributed by atoms with E-state index >= 15 is 0 Å². The Labute approximate surface area is 156 Å². The van der Waals surface area contributed by atoms with Crippen LogP contribution >= 0.6 is 0 Å². The molecule has 0 saturated carbocycles. The molecule has 1 amide bonds. The second-order valence-corrected chi connectivity index (χ2v) is 6.93. The molecule has 134 valence electrons. The van der Waals surface area contributed by atoms with Crippen LogP contribution in [0.4, 0.5) is 5.69 Å². The number of nitrogens with one attached hydrogen (secondary N) is 1. The Morgan fingerprint density at radius 3 is 2.74 bits per heavy atom. The molecule has 0 radical (unpaired) electrons. The van der Waals surface area contributed by atoms with E-state index in [9.17, 15) is 4.79 Å². The molecule has 0 spiro atoms.